The van der Waals surface area contributed by atoms with Crippen LogP contribution in [0.25, 0.3) is 6.08 Å². The Labute approximate surface area is 167 Å². The molecule has 5 nitrogen and oxygen atoms in total. The van der Waals surface area contributed by atoms with E-state index >= 15 is 0 Å². The van der Waals surface area contributed by atoms with Gasteiger partial charge in [0.25, 0.3) is 0 Å². The predicted molar refractivity (Wildman–Crippen MR) is 96.5 cm³/mol. The lowest BCUT2D eigenvalue weighted by molar-refractivity contribution is -0.135. The predicted octanol–water partition coefficient (Wildman–Crippen LogP) is 4.75. The molecule has 2 aliphatic heterocycles. The monoisotopic (exact) mass is 412 g/mol. The lowest BCUT2D eigenvalue weighted by atomic mass is 9.88. The minimum absolute atomic E-state index is 0.0120. The Morgan fingerprint density at radius 1 is 1.00 bits per heavy atom. The zero-order chi connectivity index (χ0) is 21.0. The molecule has 0 saturated carbocycles. The number of rotatable bonds is 2. The van der Waals surface area contributed by atoms with E-state index in [4.69, 9.17) is 13.9 Å². The molecule has 0 fully saturated rings. The average molecular weight is 412 g/mol. The van der Waals surface area contributed by atoms with E-state index in [-0.39, 0.29) is 34.8 Å². The summed E-state index contributed by atoms with van der Waals surface area (Å²) in [4.78, 5) is 24.8. The van der Waals surface area contributed by atoms with Crippen LogP contribution in [0.1, 0.15) is 39.6 Å². The molecule has 0 aliphatic carbocycles. The Bertz CT molecular complexity index is 1220. The van der Waals surface area contributed by atoms with Gasteiger partial charge in [0.1, 0.15) is 17.3 Å². The van der Waals surface area contributed by atoms with Gasteiger partial charge in [-0.2, -0.15) is 0 Å². The van der Waals surface area contributed by atoms with Crippen LogP contribution in [0.3, 0.4) is 0 Å². The molecular weight excluding hydrogens is 401 g/mol. The first-order valence-corrected chi connectivity index (χ1v) is 8.92. The number of halogens is 3. The fourth-order valence-corrected chi connectivity index (χ4v) is 3.65. The molecule has 1 atom stereocenters. The van der Waals surface area contributed by atoms with E-state index in [9.17, 15) is 22.8 Å². The summed E-state index contributed by atoms with van der Waals surface area (Å²) in [6, 6.07) is 7.82. The molecule has 8 heteroatoms. The zero-order valence-corrected chi connectivity index (χ0v) is 15.1. The molecule has 3 aromatic rings. The van der Waals surface area contributed by atoms with Crippen LogP contribution in [0.15, 0.2) is 52.8 Å². The second kappa shape index (κ2) is 6.62. The van der Waals surface area contributed by atoms with Crippen molar-refractivity contribution in [1.29, 1.82) is 0 Å². The van der Waals surface area contributed by atoms with Gasteiger partial charge in [-0.3, -0.25) is 9.59 Å². The van der Waals surface area contributed by atoms with Crippen molar-refractivity contribution in [2.75, 3.05) is 0 Å². The van der Waals surface area contributed by atoms with Gasteiger partial charge in [0.05, 0.1) is 24.2 Å². The van der Waals surface area contributed by atoms with Crippen LogP contribution in [0.5, 0.6) is 11.5 Å². The smallest absolute Gasteiger partial charge is 0.312 e. The average Bonchev–Trinajstić information content (AvgIpc) is 3.34. The second-order valence-corrected chi connectivity index (χ2v) is 6.84. The lowest BCUT2D eigenvalue weighted by Gasteiger charge is -2.24. The minimum atomic E-state index is -1.60. The minimum Gasteiger partial charge on any atom is -0.469 e. The van der Waals surface area contributed by atoms with E-state index in [1.165, 1.54) is 18.4 Å². The maximum absolute atomic E-state index is 13.5. The van der Waals surface area contributed by atoms with Crippen molar-refractivity contribution in [2.24, 2.45) is 0 Å². The van der Waals surface area contributed by atoms with Crippen molar-refractivity contribution in [3.63, 3.8) is 0 Å². The SMILES string of the molecule is O=C1CC(c2ccco2)c2c(ccc3c2O/C(=C\c2cc(F)c(F)c(F)c2)C3=O)O1. The third kappa shape index (κ3) is 2.80. The first kappa shape index (κ1) is 18.2. The van der Waals surface area contributed by atoms with Gasteiger partial charge >= 0.3 is 5.97 Å². The normalized spacial score (nSPS) is 18.8. The zero-order valence-electron chi connectivity index (χ0n) is 15.1. The highest BCUT2D eigenvalue weighted by Crippen LogP contribution is 2.49. The number of ether oxygens (including phenoxy) is 2. The third-order valence-electron chi connectivity index (χ3n) is 4.97. The van der Waals surface area contributed by atoms with Gasteiger partial charge in [-0.25, -0.2) is 13.2 Å². The molecule has 2 aliphatic rings. The quantitative estimate of drug-likeness (QED) is 0.263. The van der Waals surface area contributed by atoms with Crippen LogP contribution >= 0.6 is 0 Å². The van der Waals surface area contributed by atoms with Gasteiger partial charge in [-0.15, -0.1) is 0 Å². The molecule has 0 bridgehead atoms. The summed E-state index contributed by atoms with van der Waals surface area (Å²) in [5, 5.41) is 0. The van der Waals surface area contributed by atoms with Crippen LogP contribution in [0, 0.1) is 17.5 Å². The Morgan fingerprint density at radius 2 is 1.77 bits per heavy atom. The summed E-state index contributed by atoms with van der Waals surface area (Å²) >= 11 is 0. The van der Waals surface area contributed by atoms with Crippen molar-refractivity contribution in [2.45, 2.75) is 12.3 Å². The largest absolute Gasteiger partial charge is 0.469 e. The van der Waals surface area contributed by atoms with Gasteiger partial charge in [0.2, 0.25) is 5.78 Å². The van der Waals surface area contributed by atoms with Crippen LogP contribution in [-0.2, 0) is 4.79 Å². The number of hydrogen-bond acceptors (Lipinski definition) is 5. The number of carbonyl (C=O) groups excluding carboxylic acids is 2. The van der Waals surface area contributed by atoms with Gasteiger partial charge < -0.3 is 13.9 Å². The number of ketones is 1. The highest BCUT2D eigenvalue weighted by molar-refractivity contribution is 6.15. The van der Waals surface area contributed by atoms with Crippen molar-refractivity contribution in [3.05, 3.63) is 88.3 Å². The molecule has 3 heterocycles. The lowest BCUT2D eigenvalue weighted by Crippen LogP contribution is -2.21. The number of allylic oxidation sites excluding steroid dienone is 1. The molecule has 5 rings (SSSR count). The van der Waals surface area contributed by atoms with Gasteiger partial charge in [0, 0.05) is 5.56 Å². The van der Waals surface area contributed by atoms with Gasteiger partial charge in [0.15, 0.2) is 23.2 Å². The Hall–Kier alpha value is -3.81. The van der Waals surface area contributed by atoms with Crippen LogP contribution in [0.4, 0.5) is 13.2 Å². The first-order valence-electron chi connectivity index (χ1n) is 8.92. The first-order chi connectivity index (χ1) is 14.4. The molecular formula is C22H11F3O5. The summed E-state index contributed by atoms with van der Waals surface area (Å²) in [7, 11) is 0. The van der Waals surface area contributed by atoms with E-state index in [2.05, 4.69) is 0 Å². The number of Topliss-reactive ketones (excluding diaryl/α,β-unsaturated/α-hetero) is 1. The van der Waals surface area contributed by atoms with Crippen LogP contribution in [0.2, 0.25) is 0 Å². The summed E-state index contributed by atoms with van der Waals surface area (Å²) in [6.07, 6.45) is 2.58. The summed E-state index contributed by atoms with van der Waals surface area (Å²) in [5.41, 5.74) is 0.596. The summed E-state index contributed by atoms with van der Waals surface area (Å²) in [5.74, 6) is -5.15. The number of carbonyl (C=O) groups is 2. The van der Waals surface area contributed by atoms with Crippen molar-refractivity contribution < 1.29 is 36.7 Å². The molecule has 0 amide bonds. The molecule has 30 heavy (non-hydrogen) atoms. The summed E-state index contributed by atoms with van der Waals surface area (Å²) in [6.45, 7) is 0. The molecule has 150 valence electrons. The van der Waals surface area contributed by atoms with E-state index < -0.39 is 35.1 Å². The van der Waals surface area contributed by atoms with E-state index in [1.54, 1.807) is 12.1 Å². The molecule has 0 spiro atoms. The highest BCUT2D eigenvalue weighted by Gasteiger charge is 2.39. The topological polar surface area (TPSA) is 65.7 Å². The Balaban J connectivity index is 1.61. The maximum atomic E-state index is 13.5. The fourth-order valence-electron chi connectivity index (χ4n) is 3.65. The summed E-state index contributed by atoms with van der Waals surface area (Å²) < 4.78 is 56.7. The van der Waals surface area contributed by atoms with E-state index in [0.717, 1.165) is 18.2 Å². The van der Waals surface area contributed by atoms with Crippen LogP contribution in [-0.4, -0.2) is 11.8 Å². The number of benzene rings is 2. The number of fused-ring (bicyclic) bond motifs is 3. The Morgan fingerprint density at radius 3 is 2.47 bits per heavy atom. The molecule has 0 radical (unpaired) electrons. The molecule has 0 saturated heterocycles. The maximum Gasteiger partial charge on any atom is 0.312 e. The number of furan rings is 1. The van der Waals surface area contributed by atoms with Crippen molar-refractivity contribution in [3.8, 4) is 11.5 Å². The van der Waals surface area contributed by atoms with Gasteiger partial charge in [-0.1, -0.05) is 0 Å². The highest BCUT2D eigenvalue weighted by atomic mass is 19.2. The second-order valence-electron chi connectivity index (χ2n) is 6.84. The standard InChI is InChI=1S/C22H11F3O5/c23-13-6-10(7-14(24)20(13)25)8-17-21(27)11-3-4-16-19(22(11)30-17)12(9-18(26)29-16)15-2-1-5-28-15/h1-8,12H,9H2/b17-8-. The van der Waals surface area contributed by atoms with Crippen molar-refractivity contribution >= 4 is 17.8 Å². The number of hydrogen-bond donors (Lipinski definition) is 0. The number of esters is 1. The Kier molecular flexibility index (Phi) is 4.02. The van der Waals surface area contributed by atoms with Crippen molar-refractivity contribution in [1.82, 2.24) is 0 Å². The van der Waals surface area contributed by atoms with E-state index in [0.29, 0.717) is 11.3 Å². The van der Waals surface area contributed by atoms with Gasteiger partial charge in [-0.05, 0) is 48.0 Å². The third-order valence-corrected chi connectivity index (χ3v) is 4.97. The van der Waals surface area contributed by atoms with E-state index in [1.807, 2.05) is 0 Å². The molecule has 1 unspecified atom stereocenters. The molecule has 2 aromatic carbocycles. The van der Waals surface area contributed by atoms with Crippen LogP contribution < -0.4 is 9.47 Å². The fraction of sp³-hybridized carbons (Fsp3) is 0.0909. The molecule has 1 aromatic heterocycles. The molecule has 0 N–H and O–H groups in total.